The first-order valence-corrected chi connectivity index (χ1v) is 9.09. The van der Waals surface area contributed by atoms with E-state index in [1.807, 2.05) is 14.1 Å². The maximum absolute atomic E-state index is 12.2. The van der Waals surface area contributed by atoms with Gasteiger partial charge in [0.05, 0.1) is 4.08 Å². The second-order valence-electron chi connectivity index (χ2n) is 6.14. The number of carbonyl (C=O) groups is 1. The van der Waals surface area contributed by atoms with Crippen LogP contribution in [0.3, 0.4) is 0 Å². The lowest BCUT2D eigenvalue weighted by molar-refractivity contribution is -0.135. The van der Waals surface area contributed by atoms with Gasteiger partial charge in [-0.05, 0) is 37.5 Å². The van der Waals surface area contributed by atoms with E-state index in [9.17, 15) is 4.79 Å². The van der Waals surface area contributed by atoms with E-state index in [2.05, 4.69) is 23.5 Å². The second-order valence-corrected chi connectivity index (χ2v) is 9.15. The van der Waals surface area contributed by atoms with Crippen molar-refractivity contribution in [3.05, 3.63) is 0 Å². The summed E-state index contributed by atoms with van der Waals surface area (Å²) in [7, 11) is 3.81. The third-order valence-corrected chi connectivity index (χ3v) is 8.93. The molecule has 1 aliphatic heterocycles. The van der Waals surface area contributed by atoms with E-state index in [1.54, 1.807) is 4.90 Å². The molecule has 2 unspecified atom stereocenters. The van der Waals surface area contributed by atoms with E-state index in [4.69, 9.17) is 0 Å². The van der Waals surface area contributed by atoms with E-state index < -0.39 is 0 Å². The third-order valence-electron chi connectivity index (χ3n) is 4.91. The van der Waals surface area contributed by atoms with Crippen LogP contribution in [-0.4, -0.2) is 40.5 Å². The van der Waals surface area contributed by atoms with Crippen LogP contribution in [0.4, 0.5) is 0 Å². The van der Waals surface area contributed by atoms with Crippen LogP contribution >= 0.6 is 23.5 Å². The predicted molar refractivity (Wildman–Crippen MR) is 79.9 cm³/mol. The Bertz CT molecular complexity index is 323. The molecule has 2 aliphatic carbocycles. The molecule has 2 saturated carbocycles. The van der Waals surface area contributed by atoms with E-state index in [0.717, 1.165) is 24.7 Å². The van der Waals surface area contributed by atoms with Crippen LogP contribution in [-0.2, 0) is 4.79 Å². The first kappa shape index (κ1) is 13.2. The largest absolute Gasteiger partial charge is 0.349 e. The van der Waals surface area contributed by atoms with Gasteiger partial charge in [0.1, 0.15) is 0 Å². The van der Waals surface area contributed by atoms with Crippen LogP contribution in [0.25, 0.3) is 0 Å². The lowest BCUT2D eigenvalue weighted by Gasteiger charge is -2.52. The predicted octanol–water partition coefficient (Wildman–Crippen LogP) is 3.08. The molecular weight excluding hydrogens is 262 g/mol. The van der Waals surface area contributed by atoms with Crippen molar-refractivity contribution in [2.75, 3.05) is 25.6 Å². The number of amides is 1. The van der Waals surface area contributed by atoms with Crippen LogP contribution in [0, 0.1) is 17.8 Å². The van der Waals surface area contributed by atoms with Crippen LogP contribution in [0.2, 0.25) is 0 Å². The molecule has 3 fully saturated rings. The van der Waals surface area contributed by atoms with Crippen LogP contribution in [0.1, 0.15) is 32.1 Å². The number of thioether (sulfide) groups is 2. The van der Waals surface area contributed by atoms with Crippen molar-refractivity contribution in [3.8, 4) is 0 Å². The summed E-state index contributed by atoms with van der Waals surface area (Å²) in [5.41, 5.74) is 0. The highest BCUT2D eigenvalue weighted by molar-refractivity contribution is 8.21. The summed E-state index contributed by atoms with van der Waals surface area (Å²) in [6.45, 7) is 0. The fourth-order valence-electron chi connectivity index (χ4n) is 4.18. The summed E-state index contributed by atoms with van der Waals surface area (Å²) in [5, 5.41) is 0. The SMILES string of the molecule is CN(C)C(=O)C1CC2CCCC(C1)C21SCCS1. The number of rotatable bonds is 1. The molecular formula is C14H23NOS2. The van der Waals surface area contributed by atoms with Gasteiger partial charge in [0, 0.05) is 31.5 Å². The molecule has 0 N–H and O–H groups in total. The van der Waals surface area contributed by atoms with Gasteiger partial charge in [-0.15, -0.1) is 23.5 Å². The summed E-state index contributed by atoms with van der Waals surface area (Å²) in [4.78, 5) is 14.0. The van der Waals surface area contributed by atoms with Crippen molar-refractivity contribution in [1.82, 2.24) is 4.90 Å². The number of nitrogens with zero attached hydrogens (tertiary/aromatic N) is 1. The normalized spacial score (nSPS) is 37.8. The molecule has 1 saturated heterocycles. The highest BCUT2D eigenvalue weighted by Crippen LogP contribution is 2.64. The summed E-state index contributed by atoms with van der Waals surface area (Å²) < 4.78 is 0.501. The lowest BCUT2D eigenvalue weighted by Crippen LogP contribution is -2.49. The molecule has 102 valence electrons. The number of hydrogen-bond donors (Lipinski definition) is 0. The highest BCUT2D eigenvalue weighted by Gasteiger charge is 2.55. The Morgan fingerprint density at radius 2 is 1.67 bits per heavy atom. The van der Waals surface area contributed by atoms with Crippen LogP contribution < -0.4 is 0 Å². The standard InChI is InChI=1S/C14H23NOS2/c1-15(2)13(16)10-8-11-4-3-5-12(9-10)14(11)17-6-7-18-14/h10-12H,3-9H2,1-2H3. The first-order chi connectivity index (χ1) is 8.63. The second kappa shape index (κ2) is 4.93. The van der Waals surface area contributed by atoms with Crippen molar-refractivity contribution < 1.29 is 4.79 Å². The lowest BCUT2D eigenvalue weighted by atomic mass is 9.67. The zero-order chi connectivity index (χ0) is 12.8. The Morgan fingerprint density at radius 1 is 1.11 bits per heavy atom. The smallest absolute Gasteiger partial charge is 0.225 e. The summed E-state index contributed by atoms with van der Waals surface area (Å²) in [6.07, 6.45) is 6.39. The van der Waals surface area contributed by atoms with Crippen molar-refractivity contribution in [2.45, 2.75) is 36.2 Å². The molecule has 2 atom stereocenters. The summed E-state index contributed by atoms with van der Waals surface area (Å²) >= 11 is 4.44. The molecule has 0 aromatic rings. The van der Waals surface area contributed by atoms with E-state index in [-0.39, 0.29) is 0 Å². The monoisotopic (exact) mass is 285 g/mol. The van der Waals surface area contributed by atoms with Crippen molar-refractivity contribution in [1.29, 1.82) is 0 Å². The molecule has 0 aromatic carbocycles. The molecule has 1 spiro atoms. The molecule has 1 amide bonds. The molecule has 3 rings (SSSR count). The molecule has 18 heavy (non-hydrogen) atoms. The first-order valence-electron chi connectivity index (χ1n) is 7.12. The topological polar surface area (TPSA) is 20.3 Å². The Hall–Kier alpha value is 0.170. The molecule has 2 nitrogen and oxygen atoms in total. The highest BCUT2D eigenvalue weighted by atomic mass is 32.2. The fraction of sp³-hybridized carbons (Fsp3) is 0.929. The molecule has 1 heterocycles. The van der Waals surface area contributed by atoms with Gasteiger partial charge in [-0.2, -0.15) is 0 Å². The number of carbonyl (C=O) groups excluding carboxylic acids is 1. The van der Waals surface area contributed by atoms with Gasteiger partial charge in [-0.1, -0.05) is 6.42 Å². The fourth-order valence-corrected chi connectivity index (χ4v) is 8.11. The van der Waals surface area contributed by atoms with Crippen molar-refractivity contribution >= 4 is 29.4 Å². The van der Waals surface area contributed by atoms with Gasteiger partial charge >= 0.3 is 0 Å². The van der Waals surface area contributed by atoms with Gasteiger partial charge in [-0.25, -0.2) is 0 Å². The average molecular weight is 285 g/mol. The Labute approximate surface area is 119 Å². The Balaban J connectivity index is 1.80. The van der Waals surface area contributed by atoms with Crippen LogP contribution in [0.5, 0.6) is 0 Å². The molecule has 4 heteroatoms. The number of hydrogen-bond acceptors (Lipinski definition) is 3. The minimum atomic E-state index is 0.308. The zero-order valence-electron chi connectivity index (χ0n) is 11.4. The molecule has 0 aromatic heterocycles. The van der Waals surface area contributed by atoms with Gasteiger partial charge in [-0.3, -0.25) is 4.79 Å². The average Bonchev–Trinajstić information content (AvgIpc) is 2.77. The Kier molecular flexibility index (Phi) is 3.61. The van der Waals surface area contributed by atoms with Crippen molar-refractivity contribution in [3.63, 3.8) is 0 Å². The van der Waals surface area contributed by atoms with Gasteiger partial charge in [0.2, 0.25) is 5.91 Å². The minimum absolute atomic E-state index is 0.308. The maximum atomic E-state index is 12.2. The summed E-state index contributed by atoms with van der Waals surface area (Å²) in [6, 6.07) is 0. The molecule has 3 aliphatic rings. The Morgan fingerprint density at radius 3 is 2.17 bits per heavy atom. The molecule has 0 radical (unpaired) electrons. The van der Waals surface area contributed by atoms with Crippen LogP contribution in [0.15, 0.2) is 0 Å². The minimum Gasteiger partial charge on any atom is -0.349 e. The van der Waals surface area contributed by atoms with E-state index in [0.29, 0.717) is 15.9 Å². The summed E-state index contributed by atoms with van der Waals surface area (Å²) in [5.74, 6) is 4.90. The molecule has 2 bridgehead atoms. The third kappa shape index (κ3) is 2.00. The maximum Gasteiger partial charge on any atom is 0.225 e. The van der Waals surface area contributed by atoms with E-state index in [1.165, 1.54) is 30.8 Å². The zero-order valence-corrected chi connectivity index (χ0v) is 13.0. The van der Waals surface area contributed by atoms with Gasteiger partial charge in [0.15, 0.2) is 0 Å². The van der Waals surface area contributed by atoms with Gasteiger partial charge < -0.3 is 4.90 Å². The van der Waals surface area contributed by atoms with Crippen molar-refractivity contribution in [2.24, 2.45) is 17.8 Å². The quantitative estimate of drug-likeness (QED) is 0.738. The van der Waals surface area contributed by atoms with E-state index >= 15 is 0 Å². The van der Waals surface area contributed by atoms with Gasteiger partial charge in [0.25, 0.3) is 0 Å².